The van der Waals surface area contributed by atoms with E-state index in [0.29, 0.717) is 0 Å². The largest absolute Gasteiger partial charge is 0.299 e. The Morgan fingerprint density at radius 3 is 2.59 bits per heavy atom. The molecule has 0 spiro atoms. The van der Waals surface area contributed by atoms with Crippen molar-refractivity contribution >= 4 is 5.52 Å². The highest BCUT2D eigenvalue weighted by atomic mass is 15.0. The van der Waals surface area contributed by atoms with Gasteiger partial charge in [0.05, 0.1) is 11.2 Å². The van der Waals surface area contributed by atoms with Crippen LogP contribution in [0.1, 0.15) is 11.3 Å². The summed E-state index contributed by atoms with van der Waals surface area (Å²) in [7, 11) is 0. The van der Waals surface area contributed by atoms with Gasteiger partial charge in [-0.25, -0.2) is 4.98 Å². The predicted octanol–water partition coefficient (Wildman–Crippen LogP) is 3.01. The first-order chi connectivity index (χ1) is 8.25. The Hall–Kier alpha value is -2.16. The summed E-state index contributed by atoms with van der Waals surface area (Å²) in [5.74, 6) is 0.972. The number of imidazole rings is 1. The molecule has 0 unspecified atom stereocenters. The second-order valence-corrected chi connectivity index (χ2v) is 4.22. The quantitative estimate of drug-likeness (QED) is 0.634. The van der Waals surface area contributed by atoms with Crippen molar-refractivity contribution in [3.05, 3.63) is 54.1 Å². The van der Waals surface area contributed by atoms with Crippen molar-refractivity contribution in [1.29, 1.82) is 0 Å². The van der Waals surface area contributed by atoms with Crippen LogP contribution < -0.4 is 0 Å². The van der Waals surface area contributed by atoms with E-state index in [1.165, 1.54) is 5.56 Å². The molecule has 0 radical (unpaired) electrons. The average molecular weight is 223 g/mol. The van der Waals surface area contributed by atoms with E-state index < -0.39 is 0 Å². The van der Waals surface area contributed by atoms with E-state index in [0.717, 1.165) is 22.6 Å². The zero-order valence-corrected chi connectivity index (χ0v) is 9.88. The molecule has 3 heterocycles. The zero-order valence-electron chi connectivity index (χ0n) is 9.88. The second kappa shape index (κ2) is 3.70. The highest BCUT2D eigenvalue weighted by molar-refractivity contribution is 5.65. The first-order valence-corrected chi connectivity index (χ1v) is 5.61. The van der Waals surface area contributed by atoms with Gasteiger partial charge >= 0.3 is 0 Å². The van der Waals surface area contributed by atoms with Crippen LogP contribution in [0, 0.1) is 13.8 Å². The molecule has 3 aromatic heterocycles. The molecule has 3 aromatic rings. The molecule has 0 aliphatic carbocycles. The van der Waals surface area contributed by atoms with Gasteiger partial charge in [0.1, 0.15) is 5.82 Å². The molecule has 3 nitrogen and oxygen atoms in total. The van der Waals surface area contributed by atoms with Gasteiger partial charge in [0.25, 0.3) is 0 Å². The van der Waals surface area contributed by atoms with E-state index in [1.807, 2.05) is 19.1 Å². The number of nitrogens with zero attached hydrogens (tertiary/aromatic N) is 3. The van der Waals surface area contributed by atoms with Crippen LogP contribution in [0.4, 0.5) is 0 Å². The van der Waals surface area contributed by atoms with Gasteiger partial charge in [0.15, 0.2) is 0 Å². The monoisotopic (exact) mass is 223 g/mol. The predicted molar refractivity (Wildman–Crippen MR) is 67.9 cm³/mol. The van der Waals surface area contributed by atoms with Crippen LogP contribution in [0.15, 0.2) is 42.9 Å². The van der Waals surface area contributed by atoms with Gasteiger partial charge in [-0.1, -0.05) is 0 Å². The molecule has 84 valence electrons. The van der Waals surface area contributed by atoms with Gasteiger partial charge in [-0.3, -0.25) is 9.38 Å². The van der Waals surface area contributed by atoms with Gasteiger partial charge in [-0.05, 0) is 43.7 Å². The number of fused-ring (bicyclic) bond motifs is 1. The number of pyridine rings is 2. The lowest BCUT2D eigenvalue weighted by atomic mass is 10.2. The minimum atomic E-state index is 0.972. The fourth-order valence-electron chi connectivity index (χ4n) is 2.04. The first-order valence-electron chi connectivity index (χ1n) is 5.61. The molecule has 0 saturated carbocycles. The van der Waals surface area contributed by atoms with Crippen LogP contribution in [-0.2, 0) is 0 Å². The van der Waals surface area contributed by atoms with Crippen LogP contribution in [0.3, 0.4) is 0 Å². The molecule has 0 N–H and O–H groups in total. The van der Waals surface area contributed by atoms with Crippen molar-refractivity contribution in [3.63, 3.8) is 0 Å². The van der Waals surface area contributed by atoms with E-state index in [9.17, 15) is 0 Å². The van der Waals surface area contributed by atoms with Crippen molar-refractivity contribution in [1.82, 2.24) is 14.4 Å². The minimum Gasteiger partial charge on any atom is -0.299 e. The maximum absolute atomic E-state index is 4.64. The molecule has 0 aliphatic rings. The topological polar surface area (TPSA) is 30.2 Å². The summed E-state index contributed by atoms with van der Waals surface area (Å²) in [6.45, 7) is 4.14. The van der Waals surface area contributed by atoms with Gasteiger partial charge < -0.3 is 0 Å². The summed E-state index contributed by atoms with van der Waals surface area (Å²) in [5.41, 5.74) is 4.56. The van der Waals surface area contributed by atoms with E-state index in [-0.39, 0.29) is 0 Å². The van der Waals surface area contributed by atoms with E-state index in [4.69, 9.17) is 0 Å². The first kappa shape index (κ1) is 10.0. The van der Waals surface area contributed by atoms with Crippen LogP contribution in [-0.4, -0.2) is 14.4 Å². The van der Waals surface area contributed by atoms with E-state index >= 15 is 0 Å². The third-order valence-electron chi connectivity index (χ3n) is 2.92. The molecule has 0 atom stereocenters. The maximum atomic E-state index is 4.64. The summed E-state index contributed by atoms with van der Waals surface area (Å²) >= 11 is 0. The molecule has 3 rings (SSSR count). The van der Waals surface area contributed by atoms with Gasteiger partial charge in [0.2, 0.25) is 0 Å². The number of hydrogen-bond donors (Lipinski definition) is 0. The molecule has 0 saturated heterocycles. The normalized spacial score (nSPS) is 10.9. The van der Waals surface area contributed by atoms with Crippen molar-refractivity contribution in [2.75, 3.05) is 0 Å². The molecule has 0 amide bonds. The Labute approximate surface area is 99.8 Å². The molecule has 0 bridgehead atoms. The molecular weight excluding hydrogens is 210 g/mol. The Morgan fingerprint density at radius 1 is 1.06 bits per heavy atom. The highest BCUT2D eigenvalue weighted by Crippen LogP contribution is 2.22. The van der Waals surface area contributed by atoms with Gasteiger partial charge in [0, 0.05) is 24.2 Å². The Bertz CT molecular complexity index is 669. The van der Waals surface area contributed by atoms with E-state index in [2.05, 4.69) is 39.6 Å². The summed E-state index contributed by atoms with van der Waals surface area (Å²) < 4.78 is 2.12. The van der Waals surface area contributed by atoms with Crippen LogP contribution in [0.5, 0.6) is 0 Å². The maximum Gasteiger partial charge on any atom is 0.144 e. The highest BCUT2D eigenvalue weighted by Gasteiger charge is 2.09. The fourth-order valence-corrected chi connectivity index (χ4v) is 2.04. The van der Waals surface area contributed by atoms with Crippen LogP contribution in [0.2, 0.25) is 0 Å². The van der Waals surface area contributed by atoms with E-state index in [1.54, 1.807) is 12.4 Å². The lowest BCUT2D eigenvalue weighted by Crippen LogP contribution is -1.89. The van der Waals surface area contributed by atoms with Crippen LogP contribution >= 0.6 is 0 Å². The van der Waals surface area contributed by atoms with Crippen molar-refractivity contribution in [2.24, 2.45) is 0 Å². The molecule has 0 aliphatic heterocycles. The number of aryl methyl sites for hydroxylation is 2. The Balaban J connectivity index is 2.32. The molecule has 0 fully saturated rings. The zero-order chi connectivity index (χ0) is 11.8. The Kier molecular flexibility index (Phi) is 2.18. The SMILES string of the molecule is Cc1ccn2c(-c3ccncc3)nc(C)c2c1. The third kappa shape index (κ3) is 1.60. The average Bonchev–Trinajstić information content (AvgIpc) is 2.68. The summed E-state index contributed by atoms with van der Waals surface area (Å²) in [4.78, 5) is 8.67. The lowest BCUT2D eigenvalue weighted by molar-refractivity contribution is 1.14. The number of rotatable bonds is 1. The molecule has 17 heavy (non-hydrogen) atoms. The second-order valence-electron chi connectivity index (χ2n) is 4.22. The van der Waals surface area contributed by atoms with Crippen molar-refractivity contribution in [2.45, 2.75) is 13.8 Å². The minimum absolute atomic E-state index is 0.972. The molecule has 0 aromatic carbocycles. The smallest absolute Gasteiger partial charge is 0.144 e. The number of aromatic nitrogens is 3. The standard InChI is InChI=1S/C14H13N3/c1-10-5-8-17-13(9-10)11(2)16-14(17)12-3-6-15-7-4-12/h3-9H,1-2H3. The van der Waals surface area contributed by atoms with Gasteiger partial charge in [-0.2, -0.15) is 0 Å². The number of hydrogen-bond acceptors (Lipinski definition) is 2. The summed E-state index contributed by atoms with van der Waals surface area (Å²) in [5, 5.41) is 0. The lowest BCUT2D eigenvalue weighted by Gasteiger charge is -2.01. The third-order valence-corrected chi connectivity index (χ3v) is 2.92. The van der Waals surface area contributed by atoms with Crippen molar-refractivity contribution in [3.8, 4) is 11.4 Å². The summed E-state index contributed by atoms with van der Waals surface area (Å²) in [6.07, 6.45) is 5.65. The fraction of sp³-hybridized carbons (Fsp3) is 0.143. The van der Waals surface area contributed by atoms with Crippen molar-refractivity contribution < 1.29 is 0 Å². The van der Waals surface area contributed by atoms with Gasteiger partial charge in [-0.15, -0.1) is 0 Å². The molecular formula is C14H13N3. The Morgan fingerprint density at radius 2 is 1.82 bits per heavy atom. The summed E-state index contributed by atoms with van der Waals surface area (Å²) in [6, 6.07) is 8.22. The molecule has 3 heteroatoms. The van der Waals surface area contributed by atoms with Crippen LogP contribution in [0.25, 0.3) is 16.9 Å².